The normalized spacial score (nSPS) is 14.8. The number of rotatable bonds is 3. The summed E-state index contributed by atoms with van der Waals surface area (Å²) in [6.45, 7) is 2.48. The van der Waals surface area contributed by atoms with Crippen LogP contribution in [-0.2, 0) is 0 Å². The molecule has 0 N–H and O–H groups in total. The number of nitrogens with zero attached hydrogens (tertiary/aromatic N) is 4. The molecule has 1 aliphatic rings. The van der Waals surface area contributed by atoms with E-state index in [1.54, 1.807) is 17.2 Å². The molecule has 23 heavy (non-hydrogen) atoms. The van der Waals surface area contributed by atoms with Gasteiger partial charge in [0, 0.05) is 44.1 Å². The number of nitro groups is 1. The summed E-state index contributed by atoms with van der Waals surface area (Å²) in [4.78, 5) is 30.8. The van der Waals surface area contributed by atoms with Crippen LogP contribution < -0.4 is 4.90 Å². The summed E-state index contributed by atoms with van der Waals surface area (Å²) in [5.41, 5.74) is 0.976. The quantitative estimate of drug-likeness (QED) is 0.482. The number of pyridine rings is 1. The minimum Gasteiger partial charge on any atom is -0.368 e. The number of thiophene rings is 1. The Labute approximate surface area is 141 Å². The smallest absolute Gasteiger partial charge is 0.324 e. The standard InChI is InChI=1S/C14H13ClN4O3S/c15-12-9-10(3-4-16-12)17-5-7-18(8-6-17)14(20)11-1-2-13(23-11)19(21)22/h1-4,9H,5-8H2. The fourth-order valence-corrected chi connectivity index (χ4v) is 3.41. The second-order valence-corrected chi connectivity index (χ2v) is 6.46. The number of amides is 1. The Morgan fingerprint density at radius 2 is 2.00 bits per heavy atom. The number of carbonyl (C=O) groups excluding carboxylic acids is 1. The molecule has 2 aromatic rings. The molecular formula is C14H13ClN4O3S. The van der Waals surface area contributed by atoms with Crippen LogP contribution in [-0.4, -0.2) is 46.9 Å². The van der Waals surface area contributed by atoms with E-state index in [0.29, 0.717) is 36.2 Å². The van der Waals surface area contributed by atoms with Gasteiger partial charge in [-0.05, 0) is 18.2 Å². The van der Waals surface area contributed by atoms with Crippen molar-refractivity contribution in [2.75, 3.05) is 31.1 Å². The van der Waals surface area contributed by atoms with Crippen molar-refractivity contribution in [1.29, 1.82) is 0 Å². The molecule has 3 rings (SSSR count). The van der Waals surface area contributed by atoms with Crippen LogP contribution in [0.4, 0.5) is 10.7 Å². The summed E-state index contributed by atoms with van der Waals surface area (Å²) >= 11 is 6.81. The minimum atomic E-state index is -0.480. The second-order valence-electron chi connectivity index (χ2n) is 5.01. The zero-order valence-corrected chi connectivity index (χ0v) is 13.6. The lowest BCUT2D eigenvalue weighted by molar-refractivity contribution is -0.380. The average Bonchev–Trinajstić information content (AvgIpc) is 3.04. The molecule has 0 saturated carbocycles. The van der Waals surface area contributed by atoms with Gasteiger partial charge < -0.3 is 9.80 Å². The van der Waals surface area contributed by atoms with Crippen LogP contribution in [0.1, 0.15) is 9.67 Å². The van der Waals surface area contributed by atoms with Crippen LogP contribution in [0.5, 0.6) is 0 Å². The van der Waals surface area contributed by atoms with Gasteiger partial charge >= 0.3 is 5.00 Å². The topological polar surface area (TPSA) is 79.6 Å². The number of hydrogen-bond acceptors (Lipinski definition) is 6. The Morgan fingerprint density at radius 1 is 1.26 bits per heavy atom. The minimum absolute atomic E-state index is 0.0154. The Kier molecular flexibility index (Phi) is 4.44. The van der Waals surface area contributed by atoms with E-state index in [-0.39, 0.29) is 10.9 Å². The van der Waals surface area contributed by atoms with Crippen LogP contribution >= 0.6 is 22.9 Å². The third-order valence-corrected chi connectivity index (χ3v) is 4.86. The molecule has 120 valence electrons. The lowest BCUT2D eigenvalue weighted by Crippen LogP contribution is -2.48. The van der Waals surface area contributed by atoms with Crippen LogP contribution in [0, 0.1) is 10.1 Å². The first-order chi connectivity index (χ1) is 11.0. The van der Waals surface area contributed by atoms with Gasteiger partial charge in [0.15, 0.2) is 0 Å². The van der Waals surface area contributed by atoms with Crippen molar-refractivity contribution in [3.8, 4) is 0 Å². The highest BCUT2D eigenvalue weighted by atomic mass is 35.5. The number of aromatic nitrogens is 1. The Hall–Kier alpha value is -2.19. The van der Waals surface area contributed by atoms with Crippen molar-refractivity contribution in [3.05, 3.63) is 50.6 Å². The first kappa shape index (κ1) is 15.7. The van der Waals surface area contributed by atoms with Gasteiger partial charge in [-0.1, -0.05) is 22.9 Å². The number of carbonyl (C=O) groups is 1. The molecule has 1 amide bonds. The highest BCUT2D eigenvalue weighted by Gasteiger charge is 2.25. The van der Waals surface area contributed by atoms with Crippen molar-refractivity contribution >= 4 is 39.5 Å². The van der Waals surface area contributed by atoms with E-state index in [9.17, 15) is 14.9 Å². The molecule has 9 heteroatoms. The summed E-state index contributed by atoms with van der Waals surface area (Å²) in [5.74, 6) is -0.157. The fraction of sp³-hybridized carbons (Fsp3) is 0.286. The van der Waals surface area contributed by atoms with E-state index < -0.39 is 4.92 Å². The third kappa shape index (κ3) is 3.43. The number of piperazine rings is 1. The molecular weight excluding hydrogens is 340 g/mol. The zero-order valence-electron chi connectivity index (χ0n) is 12.0. The maximum atomic E-state index is 12.4. The number of halogens is 1. The summed E-state index contributed by atoms with van der Waals surface area (Å²) in [7, 11) is 0. The molecule has 0 bridgehead atoms. The fourth-order valence-electron chi connectivity index (χ4n) is 2.45. The van der Waals surface area contributed by atoms with Gasteiger partial charge in [0.05, 0.1) is 9.80 Å². The van der Waals surface area contributed by atoms with Crippen molar-refractivity contribution in [3.63, 3.8) is 0 Å². The largest absolute Gasteiger partial charge is 0.368 e. The monoisotopic (exact) mass is 352 g/mol. The van der Waals surface area contributed by atoms with Gasteiger partial charge in [-0.15, -0.1) is 0 Å². The van der Waals surface area contributed by atoms with Crippen molar-refractivity contribution in [1.82, 2.24) is 9.88 Å². The lowest BCUT2D eigenvalue weighted by Gasteiger charge is -2.35. The molecule has 1 fully saturated rings. The summed E-state index contributed by atoms with van der Waals surface area (Å²) in [6.07, 6.45) is 1.65. The molecule has 0 atom stereocenters. The highest BCUT2D eigenvalue weighted by Crippen LogP contribution is 2.26. The Morgan fingerprint density at radius 3 is 2.61 bits per heavy atom. The maximum Gasteiger partial charge on any atom is 0.324 e. The molecule has 0 unspecified atom stereocenters. The number of hydrogen-bond donors (Lipinski definition) is 0. The highest BCUT2D eigenvalue weighted by molar-refractivity contribution is 7.17. The molecule has 3 heterocycles. The van der Waals surface area contributed by atoms with Crippen molar-refractivity contribution in [2.24, 2.45) is 0 Å². The first-order valence-electron chi connectivity index (χ1n) is 6.94. The molecule has 2 aromatic heterocycles. The average molecular weight is 353 g/mol. The third-order valence-electron chi connectivity index (χ3n) is 3.62. The lowest BCUT2D eigenvalue weighted by atomic mass is 10.2. The van der Waals surface area contributed by atoms with Gasteiger partial charge in [-0.2, -0.15) is 0 Å². The molecule has 7 nitrogen and oxygen atoms in total. The molecule has 1 aliphatic heterocycles. The van der Waals surface area contributed by atoms with E-state index in [0.717, 1.165) is 17.0 Å². The summed E-state index contributed by atoms with van der Waals surface area (Å²) in [6, 6.07) is 6.56. The van der Waals surface area contributed by atoms with E-state index in [1.807, 2.05) is 6.07 Å². The SMILES string of the molecule is O=C(c1ccc([N+](=O)[O-])s1)N1CCN(c2ccnc(Cl)c2)CC1. The summed E-state index contributed by atoms with van der Waals surface area (Å²) < 4.78 is 0. The Bertz CT molecular complexity index is 743. The van der Waals surface area contributed by atoms with Crippen LogP contribution in [0.25, 0.3) is 0 Å². The summed E-state index contributed by atoms with van der Waals surface area (Å²) in [5, 5.41) is 11.1. The molecule has 0 aromatic carbocycles. The van der Waals surface area contributed by atoms with E-state index in [4.69, 9.17) is 11.6 Å². The van der Waals surface area contributed by atoms with E-state index in [2.05, 4.69) is 9.88 Å². The van der Waals surface area contributed by atoms with Gasteiger partial charge in [-0.25, -0.2) is 4.98 Å². The molecule has 0 radical (unpaired) electrons. The van der Waals surface area contributed by atoms with Gasteiger partial charge in [-0.3, -0.25) is 14.9 Å². The predicted molar refractivity (Wildman–Crippen MR) is 88.3 cm³/mol. The van der Waals surface area contributed by atoms with E-state index >= 15 is 0 Å². The van der Waals surface area contributed by atoms with Gasteiger partial charge in [0.25, 0.3) is 5.91 Å². The first-order valence-corrected chi connectivity index (χ1v) is 8.14. The molecule has 1 saturated heterocycles. The van der Waals surface area contributed by atoms with Crippen LogP contribution in [0.3, 0.4) is 0 Å². The zero-order chi connectivity index (χ0) is 16.4. The maximum absolute atomic E-state index is 12.4. The second kappa shape index (κ2) is 6.51. The Balaban J connectivity index is 1.64. The van der Waals surface area contributed by atoms with Crippen LogP contribution in [0.15, 0.2) is 30.5 Å². The van der Waals surface area contributed by atoms with Gasteiger partial charge in [0.2, 0.25) is 0 Å². The van der Waals surface area contributed by atoms with E-state index in [1.165, 1.54) is 12.1 Å². The van der Waals surface area contributed by atoms with Crippen LogP contribution in [0.2, 0.25) is 5.15 Å². The number of anilines is 1. The predicted octanol–water partition coefficient (Wildman–Crippen LogP) is 2.67. The van der Waals surface area contributed by atoms with Gasteiger partial charge in [0.1, 0.15) is 5.15 Å². The molecule has 0 spiro atoms. The van der Waals surface area contributed by atoms with Crippen molar-refractivity contribution in [2.45, 2.75) is 0 Å². The molecule has 0 aliphatic carbocycles. The van der Waals surface area contributed by atoms with Crippen molar-refractivity contribution < 1.29 is 9.72 Å².